The van der Waals surface area contributed by atoms with E-state index in [1.54, 1.807) is 0 Å². The summed E-state index contributed by atoms with van der Waals surface area (Å²) in [6, 6.07) is 0. The van der Waals surface area contributed by atoms with E-state index < -0.39 is 8.60 Å². The zero-order valence-electron chi connectivity index (χ0n) is 2.01. The molecule has 35 valence electrons. The summed E-state index contributed by atoms with van der Waals surface area (Å²) >= 11 is 0. The maximum atomic E-state index is 8.59. The second kappa shape index (κ2) is 5.05. The second-order valence-corrected chi connectivity index (χ2v) is 0.714. The molecule has 3 nitrogen and oxygen atoms in total. The van der Waals surface area contributed by atoms with Gasteiger partial charge in [-0.3, -0.25) is 0 Å². The molecule has 0 heterocycles. The van der Waals surface area contributed by atoms with Crippen molar-refractivity contribution in [3.05, 3.63) is 0 Å². The first-order chi connectivity index (χ1) is 1.73. The maximum absolute atomic E-state index is 8.59. The minimum Gasteiger partial charge on any atom is -0.820 e. The van der Waals surface area contributed by atoms with Gasteiger partial charge < -0.3 is 14.7 Å². The number of hydrogen-bond acceptors (Lipinski definition) is 3. The van der Waals surface area contributed by atoms with Gasteiger partial charge in [0.15, 0.2) is 0 Å². The van der Waals surface area contributed by atoms with Crippen LogP contribution in [-0.2, 0) is 22.4 Å². The Kier molecular flexibility index (Phi) is 9.50. The van der Waals surface area contributed by atoms with Crippen LogP contribution in [0, 0.1) is 0 Å². The molecule has 0 saturated heterocycles. The molecule has 0 fully saturated rings. The van der Waals surface area contributed by atoms with E-state index in [4.69, 9.17) is 14.7 Å². The molecule has 0 rings (SSSR count). The molecule has 0 aliphatic carbocycles. The monoisotopic (exact) mass is 187 g/mol. The van der Waals surface area contributed by atoms with E-state index in [1.807, 2.05) is 0 Å². The molecule has 0 atom stereocenters. The number of hydrogen-bond donors (Lipinski definition) is 1. The predicted molar refractivity (Wildman–Crippen MR) is 9.14 cm³/mol. The van der Waals surface area contributed by atoms with Gasteiger partial charge in [-0.15, -0.1) is 0 Å². The Morgan fingerprint density at radius 1 is 1.40 bits per heavy atom. The zero-order valence-corrected chi connectivity index (χ0v) is 4.39. The standard InChI is InChI=1S/Ag.HO3P/c;1-4(2)3/h;1H/q+2;-2. The van der Waals surface area contributed by atoms with Crippen LogP contribution in [0.5, 0.6) is 0 Å². The van der Waals surface area contributed by atoms with Crippen molar-refractivity contribution in [2.75, 3.05) is 0 Å². The van der Waals surface area contributed by atoms with E-state index >= 15 is 0 Å². The molecule has 1 N–H and O–H groups in total. The van der Waals surface area contributed by atoms with Gasteiger partial charge in [-0.25, -0.2) is 0 Å². The van der Waals surface area contributed by atoms with Crippen LogP contribution in [0.25, 0.3) is 0 Å². The minimum atomic E-state index is -3.12. The molecule has 0 aliphatic heterocycles. The van der Waals surface area contributed by atoms with Gasteiger partial charge in [-0.1, -0.05) is 0 Å². The molecule has 0 unspecified atom stereocenters. The maximum Gasteiger partial charge on any atom is 2.00 e. The molecule has 5 heteroatoms. The summed E-state index contributed by atoms with van der Waals surface area (Å²) in [7, 11) is -3.12. The van der Waals surface area contributed by atoms with Crippen LogP contribution in [0.15, 0.2) is 0 Å². The van der Waals surface area contributed by atoms with Crippen molar-refractivity contribution in [1.82, 2.24) is 0 Å². The Hall–Kier alpha value is 1.05. The summed E-state index contributed by atoms with van der Waals surface area (Å²) in [5.41, 5.74) is 0. The van der Waals surface area contributed by atoms with Crippen LogP contribution >= 0.6 is 8.60 Å². The first-order valence-corrected chi connectivity index (χ1v) is 1.70. The van der Waals surface area contributed by atoms with Crippen LogP contribution in [-0.4, -0.2) is 4.89 Å². The van der Waals surface area contributed by atoms with Gasteiger partial charge in [0.25, 0.3) is 0 Å². The predicted octanol–water partition coefficient (Wildman–Crippen LogP) is -2.08. The zero-order chi connectivity index (χ0) is 3.58. The van der Waals surface area contributed by atoms with Gasteiger partial charge in [0, 0.05) is 0 Å². The second-order valence-electron chi connectivity index (χ2n) is 0.238. The Bertz CT molecular complexity index is 11.6. The van der Waals surface area contributed by atoms with E-state index in [1.165, 1.54) is 0 Å². The summed E-state index contributed by atoms with van der Waals surface area (Å²) in [5, 5.41) is 0. The molecule has 0 aliphatic rings. The fraction of sp³-hybridized carbons (Fsp3) is 0. The summed E-state index contributed by atoms with van der Waals surface area (Å²) in [4.78, 5) is 24.2. The van der Waals surface area contributed by atoms with Crippen molar-refractivity contribution < 1.29 is 37.1 Å². The topological polar surface area (TPSA) is 66.3 Å². The Balaban J connectivity index is 0. The number of rotatable bonds is 0. The van der Waals surface area contributed by atoms with Crippen molar-refractivity contribution >= 4 is 8.60 Å². The fourth-order valence-corrected chi connectivity index (χ4v) is 0. The summed E-state index contributed by atoms with van der Waals surface area (Å²) < 4.78 is 0. The summed E-state index contributed by atoms with van der Waals surface area (Å²) in [6.07, 6.45) is 0. The van der Waals surface area contributed by atoms with Crippen LogP contribution in [0.3, 0.4) is 0 Å². The fourth-order valence-electron chi connectivity index (χ4n) is 0. The molecule has 1 radical (unpaired) electrons. The van der Waals surface area contributed by atoms with E-state index in [2.05, 4.69) is 0 Å². The van der Waals surface area contributed by atoms with Gasteiger partial charge in [0.2, 0.25) is 0 Å². The summed E-state index contributed by atoms with van der Waals surface area (Å²) in [5.74, 6) is 0. The minimum absolute atomic E-state index is 0. The normalized spacial score (nSPS) is 7.20. The van der Waals surface area contributed by atoms with Gasteiger partial charge in [0.1, 0.15) is 0 Å². The average Bonchev–Trinajstić information content (AvgIpc) is 0.811. The molecule has 0 amide bonds. The third kappa shape index (κ3) is 42.6. The Morgan fingerprint density at radius 3 is 1.40 bits per heavy atom. The van der Waals surface area contributed by atoms with E-state index in [0.717, 1.165) is 0 Å². The van der Waals surface area contributed by atoms with E-state index in [9.17, 15) is 0 Å². The average molecular weight is 188 g/mol. The smallest absolute Gasteiger partial charge is 0.820 e. The van der Waals surface area contributed by atoms with E-state index in [-0.39, 0.29) is 22.4 Å². The van der Waals surface area contributed by atoms with Crippen molar-refractivity contribution in [3.8, 4) is 0 Å². The quantitative estimate of drug-likeness (QED) is 0.350. The Morgan fingerprint density at radius 2 is 1.40 bits per heavy atom. The molecule has 5 heavy (non-hydrogen) atoms. The Labute approximate surface area is 46.2 Å². The largest absolute Gasteiger partial charge is 2.00 e. The van der Waals surface area contributed by atoms with Crippen molar-refractivity contribution in [2.45, 2.75) is 0 Å². The van der Waals surface area contributed by atoms with Crippen molar-refractivity contribution in [2.24, 2.45) is 0 Å². The third-order valence-electron chi connectivity index (χ3n) is 0. The molecule has 0 aromatic heterocycles. The van der Waals surface area contributed by atoms with Gasteiger partial charge >= 0.3 is 22.4 Å². The first-order valence-electron chi connectivity index (χ1n) is 0.565. The van der Waals surface area contributed by atoms with Crippen LogP contribution in [0.2, 0.25) is 0 Å². The van der Waals surface area contributed by atoms with Gasteiger partial charge in [-0.05, 0) is 0 Å². The van der Waals surface area contributed by atoms with Crippen LogP contribution in [0.1, 0.15) is 0 Å². The van der Waals surface area contributed by atoms with Gasteiger partial charge in [-0.2, -0.15) is 8.60 Å². The molecule has 0 aromatic rings. The van der Waals surface area contributed by atoms with Crippen LogP contribution in [0.4, 0.5) is 0 Å². The third-order valence-corrected chi connectivity index (χ3v) is 0. The first kappa shape index (κ1) is 9.41. The molecular formula is HAgO3P. The molecule has 0 saturated carbocycles. The molecular weight excluding hydrogens is 187 g/mol. The summed E-state index contributed by atoms with van der Waals surface area (Å²) in [6.45, 7) is 0. The van der Waals surface area contributed by atoms with Crippen molar-refractivity contribution in [1.29, 1.82) is 0 Å². The molecule has 0 spiro atoms. The SMILES string of the molecule is [Ag+2].[O-]P([O-])O. The van der Waals surface area contributed by atoms with Crippen LogP contribution < -0.4 is 9.79 Å². The van der Waals surface area contributed by atoms with E-state index in [0.29, 0.717) is 0 Å². The molecule has 0 bridgehead atoms. The van der Waals surface area contributed by atoms with Gasteiger partial charge in [0.05, 0.1) is 0 Å². The van der Waals surface area contributed by atoms with Crippen molar-refractivity contribution in [3.63, 3.8) is 0 Å². The molecule has 0 aromatic carbocycles.